The summed E-state index contributed by atoms with van der Waals surface area (Å²) in [5.74, 6) is 0.697. The molecule has 1 aromatic heterocycles. The van der Waals surface area contributed by atoms with Gasteiger partial charge in [-0.3, -0.25) is 4.68 Å². The molecule has 1 rings (SSSR count). The molecular formula is C10H18ClN3. The predicted molar refractivity (Wildman–Crippen MR) is 58.6 cm³/mol. The third kappa shape index (κ3) is 4.09. The maximum atomic E-state index is 5.61. The molecule has 0 aromatic carbocycles. The van der Waals surface area contributed by atoms with Crippen molar-refractivity contribution in [3.8, 4) is 0 Å². The molecule has 0 bridgehead atoms. The number of halogens is 1. The van der Waals surface area contributed by atoms with E-state index in [9.17, 15) is 0 Å². The zero-order chi connectivity index (χ0) is 10.2. The molecule has 0 fully saturated rings. The zero-order valence-corrected chi connectivity index (χ0v) is 9.50. The summed E-state index contributed by atoms with van der Waals surface area (Å²) in [6, 6.07) is 0. The van der Waals surface area contributed by atoms with Crippen LogP contribution in [0.5, 0.6) is 0 Å². The van der Waals surface area contributed by atoms with Crippen molar-refractivity contribution >= 4 is 11.6 Å². The van der Waals surface area contributed by atoms with Crippen LogP contribution in [-0.2, 0) is 13.0 Å². The Hall–Kier alpha value is -0.570. The minimum absolute atomic E-state index is 0.697. The van der Waals surface area contributed by atoms with Gasteiger partial charge in [-0.15, -0.1) is 16.7 Å². The molecule has 1 aromatic rings. The molecule has 14 heavy (non-hydrogen) atoms. The van der Waals surface area contributed by atoms with E-state index in [1.165, 1.54) is 19.3 Å². The van der Waals surface area contributed by atoms with Gasteiger partial charge in [0.15, 0.2) is 0 Å². The fourth-order valence-electron chi connectivity index (χ4n) is 1.33. The highest BCUT2D eigenvalue weighted by Gasteiger charge is 1.99. The predicted octanol–water partition coefficient (Wildman–Crippen LogP) is 2.64. The minimum atomic E-state index is 0.697. The minimum Gasteiger partial charge on any atom is -0.252 e. The number of aromatic nitrogens is 3. The first-order valence-corrected chi connectivity index (χ1v) is 5.85. The van der Waals surface area contributed by atoms with Crippen LogP contribution in [0, 0.1) is 0 Å². The maximum absolute atomic E-state index is 5.61. The highest BCUT2D eigenvalue weighted by atomic mass is 35.5. The third-order valence-corrected chi connectivity index (χ3v) is 2.41. The summed E-state index contributed by atoms with van der Waals surface area (Å²) in [6.45, 7) is 3.19. The quantitative estimate of drug-likeness (QED) is 0.517. The lowest BCUT2D eigenvalue weighted by Gasteiger charge is -1.97. The van der Waals surface area contributed by atoms with E-state index in [2.05, 4.69) is 17.2 Å². The fraction of sp³-hybridized carbons (Fsp3) is 0.800. The first-order valence-electron chi connectivity index (χ1n) is 5.31. The Balaban J connectivity index is 2.27. The van der Waals surface area contributed by atoms with Gasteiger partial charge in [0.2, 0.25) is 0 Å². The molecule has 4 heteroatoms. The van der Waals surface area contributed by atoms with Crippen LogP contribution in [0.15, 0.2) is 6.20 Å². The molecule has 0 saturated heterocycles. The molecule has 0 aliphatic rings. The van der Waals surface area contributed by atoms with Crippen LogP contribution in [0.1, 0.15) is 38.3 Å². The second-order valence-corrected chi connectivity index (χ2v) is 3.85. The van der Waals surface area contributed by atoms with Crippen molar-refractivity contribution in [1.82, 2.24) is 15.0 Å². The second-order valence-electron chi connectivity index (χ2n) is 3.47. The summed E-state index contributed by atoms with van der Waals surface area (Å²) in [6.07, 6.45) is 7.65. The summed E-state index contributed by atoms with van der Waals surface area (Å²) in [4.78, 5) is 0. The monoisotopic (exact) mass is 215 g/mol. The van der Waals surface area contributed by atoms with Crippen LogP contribution in [0.2, 0.25) is 0 Å². The van der Waals surface area contributed by atoms with Crippen molar-refractivity contribution in [3.63, 3.8) is 0 Å². The van der Waals surface area contributed by atoms with E-state index in [-0.39, 0.29) is 0 Å². The summed E-state index contributed by atoms with van der Waals surface area (Å²) >= 11 is 5.61. The van der Waals surface area contributed by atoms with Crippen LogP contribution in [-0.4, -0.2) is 20.9 Å². The summed E-state index contributed by atoms with van der Waals surface area (Å²) in [7, 11) is 0. The summed E-state index contributed by atoms with van der Waals surface area (Å²) in [5, 5.41) is 8.15. The Morgan fingerprint density at radius 2 is 2.21 bits per heavy atom. The van der Waals surface area contributed by atoms with E-state index in [0.29, 0.717) is 5.88 Å². The normalized spacial score (nSPS) is 10.7. The number of alkyl halides is 1. The lowest BCUT2D eigenvalue weighted by Crippen LogP contribution is -1.98. The van der Waals surface area contributed by atoms with Gasteiger partial charge in [-0.05, 0) is 19.3 Å². The van der Waals surface area contributed by atoms with Crippen molar-refractivity contribution in [2.24, 2.45) is 0 Å². The van der Waals surface area contributed by atoms with Gasteiger partial charge < -0.3 is 0 Å². The SMILES string of the molecule is CCCCCn1cc(CCCCl)nn1. The first kappa shape index (κ1) is 11.5. The Bertz CT molecular complexity index is 247. The lowest BCUT2D eigenvalue weighted by atomic mass is 10.2. The van der Waals surface area contributed by atoms with Gasteiger partial charge in [0.05, 0.1) is 5.69 Å². The Morgan fingerprint density at radius 3 is 2.93 bits per heavy atom. The maximum Gasteiger partial charge on any atom is 0.0827 e. The second kappa shape index (κ2) is 6.82. The van der Waals surface area contributed by atoms with Gasteiger partial charge in [-0.1, -0.05) is 25.0 Å². The molecule has 3 nitrogen and oxygen atoms in total. The van der Waals surface area contributed by atoms with E-state index in [4.69, 9.17) is 11.6 Å². The Morgan fingerprint density at radius 1 is 1.36 bits per heavy atom. The number of hydrogen-bond donors (Lipinski definition) is 0. The molecule has 0 N–H and O–H groups in total. The van der Waals surface area contributed by atoms with E-state index in [1.807, 2.05) is 10.9 Å². The molecule has 1 heterocycles. The zero-order valence-electron chi connectivity index (χ0n) is 8.75. The van der Waals surface area contributed by atoms with Crippen molar-refractivity contribution in [1.29, 1.82) is 0 Å². The standard InChI is InChI=1S/C10H18ClN3/c1-2-3-4-8-14-9-10(12-13-14)6-5-7-11/h9H,2-8H2,1H3. The van der Waals surface area contributed by atoms with Crippen molar-refractivity contribution < 1.29 is 0 Å². The third-order valence-electron chi connectivity index (χ3n) is 2.14. The van der Waals surface area contributed by atoms with E-state index in [1.54, 1.807) is 0 Å². The molecule has 0 saturated carbocycles. The molecule has 0 radical (unpaired) electrons. The van der Waals surface area contributed by atoms with Gasteiger partial charge in [-0.25, -0.2) is 0 Å². The van der Waals surface area contributed by atoms with E-state index < -0.39 is 0 Å². The van der Waals surface area contributed by atoms with Gasteiger partial charge in [0.25, 0.3) is 0 Å². The van der Waals surface area contributed by atoms with Gasteiger partial charge in [-0.2, -0.15) is 0 Å². The average Bonchev–Trinajstić information content (AvgIpc) is 2.63. The lowest BCUT2D eigenvalue weighted by molar-refractivity contribution is 0.537. The van der Waals surface area contributed by atoms with Crippen molar-refractivity contribution in [2.45, 2.75) is 45.6 Å². The number of aryl methyl sites for hydroxylation is 2. The molecule has 0 aliphatic heterocycles. The summed E-state index contributed by atoms with van der Waals surface area (Å²) < 4.78 is 1.93. The number of rotatable bonds is 7. The molecule has 0 unspecified atom stereocenters. The molecule has 80 valence electrons. The summed E-state index contributed by atoms with van der Waals surface area (Å²) in [5.41, 5.74) is 1.06. The smallest absolute Gasteiger partial charge is 0.0827 e. The molecule has 0 aliphatic carbocycles. The fourth-order valence-corrected chi connectivity index (χ4v) is 1.47. The first-order chi connectivity index (χ1) is 6.86. The molecule has 0 spiro atoms. The molecule has 0 atom stereocenters. The highest BCUT2D eigenvalue weighted by Crippen LogP contribution is 2.01. The number of hydrogen-bond acceptors (Lipinski definition) is 2. The van der Waals surface area contributed by atoms with Gasteiger partial charge >= 0.3 is 0 Å². The van der Waals surface area contributed by atoms with Crippen LogP contribution in [0.3, 0.4) is 0 Å². The van der Waals surface area contributed by atoms with Gasteiger partial charge in [0.1, 0.15) is 0 Å². The highest BCUT2D eigenvalue weighted by molar-refractivity contribution is 6.17. The molecular weight excluding hydrogens is 198 g/mol. The largest absolute Gasteiger partial charge is 0.252 e. The van der Waals surface area contributed by atoms with Gasteiger partial charge in [0, 0.05) is 18.6 Å². The van der Waals surface area contributed by atoms with Crippen molar-refractivity contribution in [2.75, 3.05) is 5.88 Å². The number of unbranched alkanes of at least 4 members (excludes halogenated alkanes) is 2. The van der Waals surface area contributed by atoms with E-state index >= 15 is 0 Å². The van der Waals surface area contributed by atoms with Crippen LogP contribution >= 0.6 is 11.6 Å². The van der Waals surface area contributed by atoms with E-state index in [0.717, 1.165) is 25.1 Å². The van der Waals surface area contributed by atoms with Crippen molar-refractivity contribution in [3.05, 3.63) is 11.9 Å². The Labute approximate surface area is 90.4 Å². The average molecular weight is 216 g/mol. The van der Waals surface area contributed by atoms with Crippen LogP contribution in [0.25, 0.3) is 0 Å². The van der Waals surface area contributed by atoms with Crippen LogP contribution in [0.4, 0.5) is 0 Å². The molecule has 0 amide bonds. The Kier molecular flexibility index (Phi) is 5.60. The topological polar surface area (TPSA) is 30.7 Å². The van der Waals surface area contributed by atoms with Crippen LogP contribution < -0.4 is 0 Å². The number of nitrogens with zero attached hydrogens (tertiary/aromatic N) is 3.